The molecule has 0 aliphatic heterocycles. The number of aromatic nitrogens is 1. The van der Waals surface area contributed by atoms with Crippen molar-refractivity contribution >= 4 is 21.6 Å². The van der Waals surface area contributed by atoms with Gasteiger partial charge in [-0.05, 0) is 37.6 Å². The summed E-state index contributed by atoms with van der Waals surface area (Å²) >= 11 is 0. The molecular weight excluding hydrogens is 338 g/mol. The van der Waals surface area contributed by atoms with Crippen molar-refractivity contribution in [3.8, 4) is 0 Å². The minimum Gasteiger partial charge on any atom is -0.349 e. The van der Waals surface area contributed by atoms with Crippen molar-refractivity contribution < 1.29 is 13.2 Å². The quantitative estimate of drug-likeness (QED) is 0.820. The molecular formula is C18H23N3O3S. The molecule has 0 saturated carbocycles. The smallest absolute Gasteiger partial charge is 0.244 e. The number of sulfonamides is 1. The number of aryl methyl sites for hydroxylation is 1. The summed E-state index contributed by atoms with van der Waals surface area (Å²) in [5.41, 5.74) is 2.21. The molecule has 2 aromatic rings. The summed E-state index contributed by atoms with van der Waals surface area (Å²) in [5, 5.41) is 2.78. The molecule has 0 spiro atoms. The van der Waals surface area contributed by atoms with Gasteiger partial charge in [-0.3, -0.25) is 14.1 Å². The van der Waals surface area contributed by atoms with E-state index in [2.05, 4.69) is 10.3 Å². The third-order valence-corrected chi connectivity index (χ3v) is 4.97. The first kappa shape index (κ1) is 18.9. The summed E-state index contributed by atoms with van der Waals surface area (Å²) in [4.78, 5) is 16.8. The lowest BCUT2D eigenvalue weighted by Gasteiger charge is -2.30. The number of anilines is 1. The highest BCUT2D eigenvalue weighted by Crippen LogP contribution is 2.23. The summed E-state index contributed by atoms with van der Waals surface area (Å²) in [6.07, 6.45) is 3.12. The number of nitrogens with zero attached hydrogens (tertiary/aromatic N) is 2. The first-order valence-corrected chi connectivity index (χ1v) is 9.91. The Labute approximate surface area is 148 Å². The van der Waals surface area contributed by atoms with E-state index in [-0.39, 0.29) is 12.5 Å². The number of amides is 1. The second-order valence-corrected chi connectivity index (χ2v) is 7.72. The normalized spacial score (nSPS) is 12.4. The molecule has 7 heteroatoms. The highest BCUT2D eigenvalue weighted by Gasteiger charge is 2.31. The molecule has 1 aromatic heterocycles. The van der Waals surface area contributed by atoms with E-state index < -0.39 is 16.1 Å². The molecule has 25 heavy (non-hydrogen) atoms. The van der Waals surface area contributed by atoms with E-state index in [9.17, 15) is 13.2 Å². The maximum absolute atomic E-state index is 12.6. The van der Waals surface area contributed by atoms with Crippen LogP contribution in [0.3, 0.4) is 0 Å². The van der Waals surface area contributed by atoms with Crippen LogP contribution in [0.4, 0.5) is 5.69 Å². The van der Waals surface area contributed by atoms with E-state index in [4.69, 9.17) is 0 Å². The van der Waals surface area contributed by atoms with Crippen molar-refractivity contribution in [2.75, 3.05) is 10.6 Å². The van der Waals surface area contributed by atoms with Crippen LogP contribution in [0.2, 0.25) is 0 Å². The largest absolute Gasteiger partial charge is 0.349 e. The van der Waals surface area contributed by atoms with Crippen molar-refractivity contribution in [1.82, 2.24) is 10.3 Å². The summed E-state index contributed by atoms with van der Waals surface area (Å²) in [5.74, 6) is -0.348. The Hall–Kier alpha value is -2.41. The molecule has 1 aromatic carbocycles. The van der Waals surface area contributed by atoms with Gasteiger partial charge < -0.3 is 5.32 Å². The number of hydrogen-bond donors (Lipinski definition) is 1. The maximum atomic E-state index is 12.6. The maximum Gasteiger partial charge on any atom is 0.244 e. The fourth-order valence-electron chi connectivity index (χ4n) is 2.55. The lowest BCUT2D eigenvalue weighted by molar-refractivity contribution is -0.122. The Bertz CT molecular complexity index is 805. The Kier molecular flexibility index (Phi) is 6.14. The monoisotopic (exact) mass is 361 g/mol. The first-order valence-electron chi connectivity index (χ1n) is 8.06. The molecule has 2 rings (SSSR count). The lowest BCUT2D eigenvalue weighted by atomic mass is 10.1. The van der Waals surface area contributed by atoms with E-state index in [0.717, 1.165) is 11.8 Å². The molecule has 1 amide bonds. The average Bonchev–Trinajstić information content (AvgIpc) is 2.58. The van der Waals surface area contributed by atoms with Crippen LogP contribution in [0.25, 0.3) is 0 Å². The second-order valence-electron chi connectivity index (χ2n) is 5.86. The molecule has 0 aliphatic carbocycles. The van der Waals surface area contributed by atoms with Crippen LogP contribution in [-0.4, -0.2) is 31.6 Å². The number of nitrogens with one attached hydrogen (secondary N) is 1. The SMILES string of the molecule is CCC(C(=O)NCc1ccccn1)N(c1ccc(C)cc1)S(C)(=O)=O. The molecule has 1 unspecified atom stereocenters. The molecule has 0 radical (unpaired) electrons. The van der Waals surface area contributed by atoms with Crippen molar-refractivity contribution in [2.45, 2.75) is 32.9 Å². The molecule has 134 valence electrons. The molecule has 6 nitrogen and oxygen atoms in total. The molecule has 0 fully saturated rings. The molecule has 1 N–H and O–H groups in total. The van der Waals surface area contributed by atoms with Crippen LogP contribution in [0.15, 0.2) is 48.7 Å². The second kappa shape index (κ2) is 8.11. The Balaban J connectivity index is 2.23. The number of carbonyl (C=O) groups excluding carboxylic acids is 1. The molecule has 0 aliphatic rings. The number of benzene rings is 1. The van der Waals surface area contributed by atoms with Gasteiger partial charge in [-0.1, -0.05) is 30.7 Å². The molecule has 1 atom stereocenters. The highest BCUT2D eigenvalue weighted by atomic mass is 32.2. The third kappa shape index (κ3) is 5.03. The zero-order chi connectivity index (χ0) is 18.4. The fraction of sp³-hybridized carbons (Fsp3) is 0.333. The number of rotatable bonds is 7. The highest BCUT2D eigenvalue weighted by molar-refractivity contribution is 7.92. The number of hydrogen-bond acceptors (Lipinski definition) is 4. The van der Waals surface area contributed by atoms with E-state index in [1.807, 2.05) is 25.1 Å². The van der Waals surface area contributed by atoms with Gasteiger partial charge in [0.25, 0.3) is 0 Å². The van der Waals surface area contributed by atoms with Gasteiger partial charge in [0.2, 0.25) is 15.9 Å². The standard InChI is InChI=1S/C18H23N3O3S/c1-4-17(18(22)20-13-15-7-5-6-12-19-15)21(25(3,23)24)16-10-8-14(2)9-11-16/h5-12,17H,4,13H2,1-3H3,(H,20,22). The number of carbonyl (C=O) groups is 1. The van der Waals surface area contributed by atoms with Gasteiger partial charge in [-0.15, -0.1) is 0 Å². The summed E-state index contributed by atoms with van der Waals surface area (Å²) < 4.78 is 25.8. The summed E-state index contributed by atoms with van der Waals surface area (Å²) in [7, 11) is -3.61. The fourth-order valence-corrected chi connectivity index (χ4v) is 3.76. The molecule has 0 bridgehead atoms. The van der Waals surface area contributed by atoms with Crippen molar-refractivity contribution in [2.24, 2.45) is 0 Å². The van der Waals surface area contributed by atoms with E-state index in [1.54, 1.807) is 37.4 Å². The third-order valence-electron chi connectivity index (χ3n) is 3.79. The van der Waals surface area contributed by atoms with E-state index >= 15 is 0 Å². The first-order chi connectivity index (χ1) is 11.8. The Morgan fingerprint density at radius 1 is 1.20 bits per heavy atom. The predicted octanol–water partition coefficient (Wildman–Crippen LogP) is 2.25. The predicted molar refractivity (Wildman–Crippen MR) is 98.7 cm³/mol. The van der Waals surface area contributed by atoms with Gasteiger partial charge in [0.1, 0.15) is 6.04 Å². The van der Waals surface area contributed by atoms with Crippen molar-refractivity contribution in [1.29, 1.82) is 0 Å². The van der Waals surface area contributed by atoms with Crippen LogP contribution in [0.5, 0.6) is 0 Å². The van der Waals surface area contributed by atoms with Crippen LogP contribution in [0.1, 0.15) is 24.6 Å². The topological polar surface area (TPSA) is 79.4 Å². The van der Waals surface area contributed by atoms with Crippen LogP contribution < -0.4 is 9.62 Å². The minimum absolute atomic E-state index is 0.252. The Morgan fingerprint density at radius 3 is 2.40 bits per heavy atom. The van der Waals surface area contributed by atoms with Gasteiger partial charge in [-0.2, -0.15) is 0 Å². The van der Waals surface area contributed by atoms with Crippen LogP contribution in [-0.2, 0) is 21.4 Å². The van der Waals surface area contributed by atoms with Gasteiger partial charge in [0.05, 0.1) is 24.2 Å². The minimum atomic E-state index is -3.61. The average molecular weight is 361 g/mol. The summed E-state index contributed by atoms with van der Waals surface area (Å²) in [6, 6.07) is 11.7. The zero-order valence-corrected chi connectivity index (χ0v) is 15.5. The Morgan fingerprint density at radius 2 is 1.88 bits per heavy atom. The van der Waals surface area contributed by atoms with Gasteiger partial charge >= 0.3 is 0 Å². The van der Waals surface area contributed by atoms with Gasteiger partial charge in [0, 0.05) is 6.20 Å². The molecule has 0 saturated heterocycles. The summed E-state index contributed by atoms with van der Waals surface area (Å²) in [6.45, 7) is 3.96. The van der Waals surface area contributed by atoms with Gasteiger partial charge in [0.15, 0.2) is 0 Å². The zero-order valence-electron chi connectivity index (χ0n) is 14.6. The van der Waals surface area contributed by atoms with Gasteiger partial charge in [-0.25, -0.2) is 8.42 Å². The van der Waals surface area contributed by atoms with Crippen molar-refractivity contribution in [3.05, 3.63) is 59.9 Å². The van der Waals surface area contributed by atoms with E-state index in [1.165, 1.54) is 4.31 Å². The van der Waals surface area contributed by atoms with Crippen LogP contribution >= 0.6 is 0 Å². The lowest BCUT2D eigenvalue weighted by Crippen LogP contribution is -2.49. The van der Waals surface area contributed by atoms with Crippen molar-refractivity contribution in [3.63, 3.8) is 0 Å². The number of pyridine rings is 1. The van der Waals surface area contributed by atoms with E-state index in [0.29, 0.717) is 17.8 Å². The van der Waals surface area contributed by atoms with Crippen LogP contribution in [0, 0.1) is 6.92 Å². The molecule has 1 heterocycles.